The lowest BCUT2D eigenvalue weighted by Crippen LogP contribution is -2.47. The van der Waals surface area contributed by atoms with Crippen LogP contribution in [0.2, 0.25) is 0 Å². The molecule has 2 rings (SSSR count). The average molecular weight is 341 g/mol. The van der Waals surface area contributed by atoms with Gasteiger partial charge in [-0.2, -0.15) is 0 Å². The minimum atomic E-state index is -0.497. The van der Waals surface area contributed by atoms with Gasteiger partial charge >= 0.3 is 0 Å². The molecule has 108 valence electrons. The summed E-state index contributed by atoms with van der Waals surface area (Å²) in [5.74, 6) is -0.259. The van der Waals surface area contributed by atoms with Crippen molar-refractivity contribution >= 4 is 27.5 Å². The van der Waals surface area contributed by atoms with E-state index in [0.29, 0.717) is 5.56 Å². The van der Waals surface area contributed by atoms with Crippen molar-refractivity contribution in [2.45, 2.75) is 44.6 Å². The Morgan fingerprint density at radius 3 is 2.60 bits per heavy atom. The Kier molecular flexibility index (Phi) is 4.42. The van der Waals surface area contributed by atoms with Crippen LogP contribution in [0.3, 0.4) is 0 Å². The van der Waals surface area contributed by atoms with Gasteiger partial charge in [-0.15, -0.1) is 0 Å². The molecule has 0 atom stereocenters. The highest BCUT2D eigenvalue weighted by atomic mass is 79.9. The smallest absolute Gasteiger partial charge is 0.284 e. The van der Waals surface area contributed by atoms with Crippen LogP contribution in [-0.4, -0.2) is 16.4 Å². The third-order valence-corrected chi connectivity index (χ3v) is 4.63. The molecule has 1 aliphatic carbocycles. The normalized spacial score (nSPS) is 17.5. The van der Waals surface area contributed by atoms with Crippen molar-refractivity contribution in [3.63, 3.8) is 0 Å². The van der Waals surface area contributed by atoms with E-state index in [9.17, 15) is 14.9 Å². The zero-order valence-corrected chi connectivity index (χ0v) is 12.9. The summed E-state index contributed by atoms with van der Waals surface area (Å²) in [6.45, 7) is 2.04. The predicted octanol–water partition coefficient (Wildman–Crippen LogP) is 3.81. The summed E-state index contributed by atoms with van der Waals surface area (Å²) >= 11 is 3.16. The number of hydrogen-bond acceptors (Lipinski definition) is 3. The molecule has 1 fully saturated rings. The number of amides is 1. The number of benzene rings is 1. The van der Waals surface area contributed by atoms with Gasteiger partial charge in [-0.05, 0) is 41.8 Å². The second-order valence-electron chi connectivity index (χ2n) is 5.47. The van der Waals surface area contributed by atoms with Crippen LogP contribution in [0.15, 0.2) is 22.7 Å². The Morgan fingerprint density at radius 2 is 2.00 bits per heavy atom. The lowest BCUT2D eigenvalue weighted by molar-refractivity contribution is -0.385. The quantitative estimate of drug-likeness (QED) is 0.671. The van der Waals surface area contributed by atoms with Crippen LogP contribution in [0.1, 0.15) is 49.4 Å². The number of nitrogens with one attached hydrogen (secondary N) is 1. The van der Waals surface area contributed by atoms with Crippen molar-refractivity contribution in [3.8, 4) is 0 Å². The molecular formula is C14H17BrN2O3. The Hall–Kier alpha value is -1.43. The van der Waals surface area contributed by atoms with Gasteiger partial charge < -0.3 is 5.32 Å². The maximum Gasteiger partial charge on any atom is 0.284 e. The van der Waals surface area contributed by atoms with E-state index in [2.05, 4.69) is 21.2 Å². The first-order chi connectivity index (χ1) is 9.43. The molecule has 0 aromatic heterocycles. The number of hydrogen-bond donors (Lipinski definition) is 1. The Labute approximate surface area is 126 Å². The number of carbonyl (C=O) groups excluding carboxylic acids is 1. The van der Waals surface area contributed by atoms with Gasteiger partial charge in [-0.1, -0.05) is 25.3 Å². The highest BCUT2D eigenvalue weighted by Crippen LogP contribution is 2.31. The number of halogens is 1. The molecule has 0 saturated heterocycles. The van der Waals surface area contributed by atoms with Crippen molar-refractivity contribution in [1.29, 1.82) is 0 Å². The zero-order valence-electron chi connectivity index (χ0n) is 11.3. The number of rotatable bonds is 3. The molecule has 0 radical (unpaired) electrons. The van der Waals surface area contributed by atoms with E-state index < -0.39 is 4.92 Å². The summed E-state index contributed by atoms with van der Waals surface area (Å²) in [6.07, 6.45) is 5.31. The summed E-state index contributed by atoms with van der Waals surface area (Å²) in [5.41, 5.74) is 0.0109. The molecule has 5 nitrogen and oxygen atoms in total. The SMILES string of the molecule is CC1(NC(=O)c2cccc([N+](=O)[O-])c2Br)CCCCC1. The maximum absolute atomic E-state index is 12.4. The van der Waals surface area contributed by atoms with Gasteiger partial charge in [0.1, 0.15) is 4.47 Å². The second kappa shape index (κ2) is 5.91. The predicted molar refractivity (Wildman–Crippen MR) is 79.8 cm³/mol. The van der Waals surface area contributed by atoms with Gasteiger partial charge in [0.25, 0.3) is 11.6 Å². The first-order valence-electron chi connectivity index (χ1n) is 6.68. The summed E-state index contributed by atoms with van der Waals surface area (Å²) in [4.78, 5) is 22.7. The van der Waals surface area contributed by atoms with Crippen molar-refractivity contribution in [1.82, 2.24) is 5.32 Å². The molecule has 0 aliphatic heterocycles. The van der Waals surface area contributed by atoms with Crippen LogP contribution < -0.4 is 5.32 Å². The molecule has 6 heteroatoms. The maximum atomic E-state index is 12.4. The molecule has 1 aromatic rings. The fraction of sp³-hybridized carbons (Fsp3) is 0.500. The van der Waals surface area contributed by atoms with E-state index >= 15 is 0 Å². The van der Waals surface area contributed by atoms with E-state index in [1.807, 2.05) is 6.92 Å². The molecular weight excluding hydrogens is 324 g/mol. The van der Waals surface area contributed by atoms with Crippen LogP contribution in [0.25, 0.3) is 0 Å². The molecule has 0 bridgehead atoms. The zero-order chi connectivity index (χ0) is 14.8. The fourth-order valence-corrected chi connectivity index (χ4v) is 3.22. The van der Waals surface area contributed by atoms with Crippen LogP contribution in [0.4, 0.5) is 5.69 Å². The summed E-state index contributed by atoms with van der Waals surface area (Å²) < 4.78 is 0.238. The molecule has 0 spiro atoms. The lowest BCUT2D eigenvalue weighted by Gasteiger charge is -2.34. The number of nitro groups is 1. The van der Waals surface area contributed by atoms with Crippen molar-refractivity contribution in [2.24, 2.45) is 0 Å². The lowest BCUT2D eigenvalue weighted by atomic mass is 9.83. The van der Waals surface area contributed by atoms with E-state index in [-0.39, 0.29) is 21.6 Å². The standard InChI is InChI=1S/C14H17BrN2O3/c1-14(8-3-2-4-9-14)16-13(18)10-6-5-7-11(12(10)15)17(19)20/h5-7H,2-4,8-9H2,1H3,(H,16,18). The Balaban J connectivity index is 2.21. The van der Waals surface area contributed by atoms with Gasteiger partial charge in [-0.3, -0.25) is 14.9 Å². The Morgan fingerprint density at radius 1 is 1.35 bits per heavy atom. The molecule has 1 amide bonds. The fourth-order valence-electron chi connectivity index (χ4n) is 2.63. The third-order valence-electron chi connectivity index (χ3n) is 3.79. The van der Waals surface area contributed by atoms with Crippen LogP contribution >= 0.6 is 15.9 Å². The van der Waals surface area contributed by atoms with Crippen LogP contribution in [0, 0.1) is 10.1 Å². The minimum absolute atomic E-state index is 0.0913. The third kappa shape index (κ3) is 3.17. The molecule has 1 aromatic carbocycles. The van der Waals surface area contributed by atoms with Crippen molar-refractivity contribution < 1.29 is 9.72 Å². The van der Waals surface area contributed by atoms with Gasteiger partial charge in [0.2, 0.25) is 0 Å². The number of carbonyl (C=O) groups is 1. The van der Waals surface area contributed by atoms with Gasteiger partial charge in [0.15, 0.2) is 0 Å². The van der Waals surface area contributed by atoms with Gasteiger partial charge in [-0.25, -0.2) is 0 Å². The minimum Gasteiger partial charge on any atom is -0.347 e. The topological polar surface area (TPSA) is 72.2 Å². The number of nitro benzene ring substituents is 1. The van der Waals surface area contributed by atoms with E-state index in [1.165, 1.54) is 18.6 Å². The van der Waals surface area contributed by atoms with E-state index in [4.69, 9.17) is 0 Å². The first kappa shape index (κ1) is 15.0. The molecule has 1 saturated carbocycles. The summed E-state index contributed by atoms with van der Waals surface area (Å²) in [7, 11) is 0. The average Bonchev–Trinajstić information content (AvgIpc) is 2.38. The van der Waals surface area contributed by atoms with E-state index in [0.717, 1.165) is 25.7 Å². The first-order valence-corrected chi connectivity index (χ1v) is 7.48. The number of nitrogens with zero attached hydrogens (tertiary/aromatic N) is 1. The highest BCUT2D eigenvalue weighted by molar-refractivity contribution is 9.10. The molecule has 0 unspecified atom stereocenters. The molecule has 1 aliphatic rings. The van der Waals surface area contributed by atoms with Crippen LogP contribution in [0.5, 0.6) is 0 Å². The van der Waals surface area contributed by atoms with Gasteiger partial charge in [0, 0.05) is 11.6 Å². The highest BCUT2D eigenvalue weighted by Gasteiger charge is 2.30. The summed E-state index contributed by atoms with van der Waals surface area (Å²) in [5, 5.41) is 13.9. The van der Waals surface area contributed by atoms with Gasteiger partial charge in [0.05, 0.1) is 10.5 Å². The molecule has 1 N–H and O–H groups in total. The largest absolute Gasteiger partial charge is 0.347 e. The van der Waals surface area contributed by atoms with E-state index in [1.54, 1.807) is 6.07 Å². The monoisotopic (exact) mass is 340 g/mol. The summed E-state index contributed by atoms with van der Waals surface area (Å²) in [6, 6.07) is 4.50. The van der Waals surface area contributed by atoms with Crippen molar-refractivity contribution in [2.75, 3.05) is 0 Å². The van der Waals surface area contributed by atoms with Crippen LogP contribution in [-0.2, 0) is 0 Å². The Bertz CT molecular complexity index is 539. The van der Waals surface area contributed by atoms with Crippen molar-refractivity contribution in [3.05, 3.63) is 38.3 Å². The second-order valence-corrected chi connectivity index (χ2v) is 6.26. The molecule has 0 heterocycles. The molecule has 20 heavy (non-hydrogen) atoms.